The highest BCUT2D eigenvalue weighted by Crippen LogP contribution is 2.36. The molecule has 0 unspecified atom stereocenters. The first-order valence-corrected chi connectivity index (χ1v) is 8.38. The van der Waals surface area contributed by atoms with E-state index in [1.165, 1.54) is 30.6 Å². The normalized spacial score (nSPS) is 11.2. The fraction of sp³-hybridized carbons (Fsp3) is 0.0625. The summed E-state index contributed by atoms with van der Waals surface area (Å²) in [6, 6.07) is 8.06. The summed E-state index contributed by atoms with van der Waals surface area (Å²) in [4.78, 5) is 14.8. The Bertz CT molecular complexity index is 968. The molecule has 0 saturated carbocycles. The van der Waals surface area contributed by atoms with Crippen LogP contribution in [0.1, 0.15) is 10.6 Å². The van der Waals surface area contributed by atoms with E-state index in [2.05, 4.69) is 20.9 Å². The smallest absolute Gasteiger partial charge is 0.270 e. The number of rotatable bonds is 4. The summed E-state index contributed by atoms with van der Waals surface area (Å²) in [6.45, 7) is 0. The molecule has 0 amide bonds. The second-order valence-corrected chi connectivity index (χ2v) is 6.76. The van der Waals surface area contributed by atoms with Crippen molar-refractivity contribution in [3.63, 3.8) is 0 Å². The second kappa shape index (κ2) is 6.58. The monoisotopic (exact) mass is 406 g/mol. The maximum atomic E-state index is 10.8. The van der Waals surface area contributed by atoms with Crippen LogP contribution in [0.2, 0.25) is 0 Å². The predicted octanol–water partition coefficient (Wildman–Crippen LogP) is 4.85. The van der Waals surface area contributed by atoms with Crippen LogP contribution in [-0.4, -0.2) is 22.1 Å². The Balaban J connectivity index is 1.93. The first-order chi connectivity index (χ1) is 11.5. The number of hydrogen-bond donors (Lipinski definition) is 1. The molecule has 6 nitrogen and oxygen atoms in total. The number of benzene rings is 2. The predicted molar refractivity (Wildman–Crippen MR) is 97.6 cm³/mol. The van der Waals surface area contributed by atoms with E-state index in [0.717, 1.165) is 20.8 Å². The number of fused-ring (bicyclic) bond motifs is 1. The maximum absolute atomic E-state index is 10.8. The van der Waals surface area contributed by atoms with Crippen LogP contribution in [0.15, 0.2) is 34.8 Å². The van der Waals surface area contributed by atoms with Crippen molar-refractivity contribution in [3.8, 4) is 11.5 Å². The molecule has 8 heteroatoms. The number of thiazole rings is 1. The number of nitro groups is 1. The van der Waals surface area contributed by atoms with Crippen LogP contribution in [0.5, 0.6) is 11.5 Å². The average molecular weight is 407 g/mol. The number of nitrogens with zero attached hydrogens (tertiary/aromatic N) is 2. The van der Waals surface area contributed by atoms with E-state index in [1.807, 2.05) is 12.2 Å². The Kier molecular flexibility index (Phi) is 4.50. The molecular formula is C16H11BrN2O4S. The summed E-state index contributed by atoms with van der Waals surface area (Å²) >= 11 is 4.64. The van der Waals surface area contributed by atoms with Gasteiger partial charge in [-0.25, -0.2) is 4.98 Å². The molecule has 24 heavy (non-hydrogen) atoms. The SMILES string of the molecule is COc1cc(C=Cc2nc3ccc([N+](=O)[O-])cc3s2)cc(Br)c1O. The lowest BCUT2D eigenvalue weighted by atomic mass is 10.2. The van der Waals surface area contributed by atoms with Gasteiger partial charge < -0.3 is 9.84 Å². The first-order valence-electron chi connectivity index (χ1n) is 6.77. The van der Waals surface area contributed by atoms with Crippen LogP contribution >= 0.6 is 27.3 Å². The van der Waals surface area contributed by atoms with E-state index in [9.17, 15) is 15.2 Å². The van der Waals surface area contributed by atoms with Crippen molar-refractivity contribution in [1.29, 1.82) is 0 Å². The lowest BCUT2D eigenvalue weighted by molar-refractivity contribution is -0.384. The number of aromatic nitrogens is 1. The standard InChI is InChI=1S/C16H11BrN2O4S/c1-23-13-7-9(6-11(17)16(13)20)2-5-15-18-12-4-3-10(19(21)22)8-14(12)24-15/h2-8,20H,1H3. The van der Waals surface area contributed by atoms with Gasteiger partial charge in [0.1, 0.15) is 5.01 Å². The molecule has 0 saturated heterocycles. The van der Waals surface area contributed by atoms with Crippen molar-refractivity contribution in [2.75, 3.05) is 7.11 Å². The van der Waals surface area contributed by atoms with Crippen molar-refractivity contribution in [2.45, 2.75) is 0 Å². The van der Waals surface area contributed by atoms with Crippen LogP contribution in [0.3, 0.4) is 0 Å². The van der Waals surface area contributed by atoms with E-state index < -0.39 is 4.92 Å². The van der Waals surface area contributed by atoms with E-state index in [-0.39, 0.29) is 11.4 Å². The van der Waals surface area contributed by atoms with Crippen molar-refractivity contribution < 1.29 is 14.8 Å². The average Bonchev–Trinajstić information content (AvgIpc) is 2.97. The minimum atomic E-state index is -0.422. The van der Waals surface area contributed by atoms with Gasteiger partial charge in [0.25, 0.3) is 5.69 Å². The number of hydrogen-bond acceptors (Lipinski definition) is 6. The highest BCUT2D eigenvalue weighted by molar-refractivity contribution is 9.10. The molecule has 122 valence electrons. The summed E-state index contributed by atoms with van der Waals surface area (Å²) in [5.41, 5.74) is 1.59. The first kappa shape index (κ1) is 16.4. The van der Waals surface area contributed by atoms with E-state index >= 15 is 0 Å². The largest absolute Gasteiger partial charge is 0.503 e. The zero-order valence-corrected chi connectivity index (χ0v) is 14.8. The van der Waals surface area contributed by atoms with Gasteiger partial charge in [-0.05, 0) is 45.8 Å². The molecule has 0 fully saturated rings. The summed E-state index contributed by atoms with van der Waals surface area (Å²) in [5, 5.41) is 21.4. The van der Waals surface area contributed by atoms with Crippen molar-refractivity contribution >= 4 is 55.3 Å². The Hall–Kier alpha value is -2.45. The number of halogens is 1. The lowest BCUT2D eigenvalue weighted by Crippen LogP contribution is -1.86. The van der Waals surface area contributed by atoms with E-state index in [0.29, 0.717) is 10.2 Å². The molecule has 1 heterocycles. The molecule has 0 spiro atoms. The Morgan fingerprint density at radius 3 is 2.83 bits per heavy atom. The lowest BCUT2D eigenvalue weighted by Gasteiger charge is -2.06. The highest BCUT2D eigenvalue weighted by Gasteiger charge is 2.10. The third-order valence-corrected chi connectivity index (χ3v) is 4.88. The molecule has 0 aliphatic heterocycles. The van der Waals surface area contributed by atoms with Gasteiger partial charge >= 0.3 is 0 Å². The van der Waals surface area contributed by atoms with Gasteiger partial charge in [-0.3, -0.25) is 10.1 Å². The topological polar surface area (TPSA) is 85.5 Å². The number of ether oxygens (including phenoxy) is 1. The number of non-ortho nitro benzene ring substituents is 1. The minimum Gasteiger partial charge on any atom is -0.503 e. The van der Waals surface area contributed by atoms with Crippen LogP contribution in [0.25, 0.3) is 22.4 Å². The van der Waals surface area contributed by atoms with E-state index in [1.54, 1.807) is 18.2 Å². The Morgan fingerprint density at radius 2 is 2.12 bits per heavy atom. The number of methoxy groups -OCH3 is 1. The van der Waals surface area contributed by atoms with Crippen LogP contribution in [0, 0.1) is 10.1 Å². The zero-order valence-electron chi connectivity index (χ0n) is 12.4. The van der Waals surface area contributed by atoms with Gasteiger partial charge in [-0.15, -0.1) is 11.3 Å². The molecule has 0 atom stereocenters. The summed E-state index contributed by atoms with van der Waals surface area (Å²) < 4.78 is 6.40. The molecule has 0 aliphatic rings. The number of aromatic hydroxyl groups is 1. The van der Waals surface area contributed by atoms with Crippen molar-refractivity contribution in [2.24, 2.45) is 0 Å². The second-order valence-electron chi connectivity index (χ2n) is 4.85. The maximum Gasteiger partial charge on any atom is 0.270 e. The van der Waals surface area contributed by atoms with Gasteiger partial charge in [-0.1, -0.05) is 6.08 Å². The Morgan fingerprint density at radius 1 is 1.33 bits per heavy atom. The van der Waals surface area contributed by atoms with Crippen LogP contribution < -0.4 is 4.74 Å². The molecule has 0 bridgehead atoms. The summed E-state index contributed by atoms with van der Waals surface area (Å²) in [7, 11) is 1.48. The molecule has 3 rings (SSSR count). The number of phenols is 1. The van der Waals surface area contributed by atoms with Crippen LogP contribution in [-0.2, 0) is 0 Å². The third kappa shape index (κ3) is 3.24. The zero-order chi connectivity index (χ0) is 17.3. The van der Waals surface area contributed by atoms with Gasteiger partial charge in [0, 0.05) is 12.1 Å². The molecule has 1 aromatic heterocycles. The van der Waals surface area contributed by atoms with Crippen molar-refractivity contribution in [1.82, 2.24) is 4.98 Å². The molecule has 3 aromatic rings. The van der Waals surface area contributed by atoms with Crippen molar-refractivity contribution in [3.05, 3.63) is 55.5 Å². The van der Waals surface area contributed by atoms with E-state index in [4.69, 9.17) is 4.74 Å². The number of nitro benzene ring substituents is 1. The molecule has 1 N–H and O–H groups in total. The van der Waals surface area contributed by atoms with Gasteiger partial charge in [0.2, 0.25) is 0 Å². The third-order valence-electron chi connectivity index (χ3n) is 3.29. The summed E-state index contributed by atoms with van der Waals surface area (Å²) in [5.74, 6) is 0.408. The molecule has 0 aliphatic carbocycles. The molecule has 0 radical (unpaired) electrons. The van der Waals surface area contributed by atoms with Gasteiger partial charge in [0.05, 0.1) is 26.7 Å². The van der Waals surface area contributed by atoms with Crippen LogP contribution in [0.4, 0.5) is 5.69 Å². The highest BCUT2D eigenvalue weighted by atomic mass is 79.9. The molecule has 2 aromatic carbocycles. The number of phenolic OH excluding ortho intramolecular Hbond substituents is 1. The minimum absolute atomic E-state index is 0.0435. The Labute approximate surface area is 149 Å². The fourth-order valence-electron chi connectivity index (χ4n) is 2.13. The fourth-order valence-corrected chi connectivity index (χ4v) is 3.49. The van der Waals surface area contributed by atoms with Gasteiger partial charge in [-0.2, -0.15) is 0 Å². The summed E-state index contributed by atoms with van der Waals surface area (Å²) in [6.07, 6.45) is 3.65. The van der Waals surface area contributed by atoms with Gasteiger partial charge in [0.15, 0.2) is 11.5 Å². The molecular weight excluding hydrogens is 396 g/mol. The quantitative estimate of drug-likeness (QED) is 0.494.